The first-order chi connectivity index (χ1) is 12.0. The number of carbonyl (C=O) groups is 2. The zero-order chi connectivity index (χ0) is 17.8. The Morgan fingerprint density at radius 3 is 2.64 bits per heavy atom. The van der Waals surface area contributed by atoms with Crippen molar-refractivity contribution >= 4 is 17.9 Å². The molecule has 25 heavy (non-hydrogen) atoms. The van der Waals surface area contributed by atoms with Crippen molar-refractivity contribution < 1.29 is 14.3 Å². The first kappa shape index (κ1) is 17.5. The number of ether oxygens (including phenoxy) is 1. The summed E-state index contributed by atoms with van der Waals surface area (Å²) >= 11 is 0. The molecule has 4 unspecified atom stereocenters. The number of fused-ring (bicyclic) bond motifs is 2. The molecule has 2 amide bonds. The third-order valence-corrected chi connectivity index (χ3v) is 5.49. The van der Waals surface area contributed by atoms with E-state index in [0.29, 0.717) is 11.7 Å². The standard InChI is InChI=1S/C20H26N2O3/c1-13(18-11-15-2-6-16(18)10-15)22-20(24)9-5-14-3-7-17(8-4-14)25-12-19(21)23/h3-5,7-9,13,15-16,18H,2,6,10-12H2,1H3,(H2,21,23)(H,22,24)/b9-5+. The van der Waals surface area contributed by atoms with Crippen molar-refractivity contribution in [3.8, 4) is 5.75 Å². The number of nitrogens with two attached hydrogens (primary N) is 1. The number of nitrogens with one attached hydrogen (secondary N) is 1. The van der Waals surface area contributed by atoms with Gasteiger partial charge in [-0.1, -0.05) is 18.6 Å². The monoisotopic (exact) mass is 342 g/mol. The van der Waals surface area contributed by atoms with Crippen LogP contribution >= 0.6 is 0 Å². The van der Waals surface area contributed by atoms with Gasteiger partial charge in [-0.05, 0) is 67.7 Å². The Morgan fingerprint density at radius 2 is 2.04 bits per heavy atom. The van der Waals surface area contributed by atoms with Crippen LogP contribution in [0.2, 0.25) is 0 Å². The summed E-state index contributed by atoms with van der Waals surface area (Å²) in [6.07, 6.45) is 8.67. The van der Waals surface area contributed by atoms with Crippen LogP contribution in [0.5, 0.6) is 5.75 Å². The maximum atomic E-state index is 12.2. The van der Waals surface area contributed by atoms with E-state index in [1.807, 2.05) is 12.1 Å². The van der Waals surface area contributed by atoms with Crippen molar-refractivity contribution in [1.82, 2.24) is 5.32 Å². The molecular formula is C20H26N2O3. The first-order valence-electron chi connectivity index (χ1n) is 9.01. The second-order valence-electron chi connectivity index (χ2n) is 7.29. The molecule has 5 nitrogen and oxygen atoms in total. The van der Waals surface area contributed by atoms with Crippen LogP contribution in [0.15, 0.2) is 30.3 Å². The van der Waals surface area contributed by atoms with E-state index in [2.05, 4.69) is 12.2 Å². The van der Waals surface area contributed by atoms with Crippen LogP contribution in [-0.4, -0.2) is 24.5 Å². The van der Waals surface area contributed by atoms with Crippen molar-refractivity contribution in [1.29, 1.82) is 0 Å². The van der Waals surface area contributed by atoms with Gasteiger partial charge in [0, 0.05) is 12.1 Å². The number of benzene rings is 1. The Labute approximate surface area is 148 Å². The molecule has 2 fully saturated rings. The lowest BCUT2D eigenvalue weighted by molar-refractivity contribution is -0.120. The van der Waals surface area contributed by atoms with Gasteiger partial charge in [-0.15, -0.1) is 0 Å². The average Bonchev–Trinajstić information content (AvgIpc) is 3.22. The molecule has 2 aliphatic carbocycles. The molecule has 0 spiro atoms. The lowest BCUT2D eigenvalue weighted by Gasteiger charge is -2.28. The van der Waals surface area contributed by atoms with E-state index in [1.165, 1.54) is 25.7 Å². The highest BCUT2D eigenvalue weighted by Gasteiger charge is 2.41. The van der Waals surface area contributed by atoms with Gasteiger partial charge in [0.25, 0.3) is 5.91 Å². The Balaban J connectivity index is 1.47. The smallest absolute Gasteiger partial charge is 0.255 e. The first-order valence-corrected chi connectivity index (χ1v) is 9.01. The maximum absolute atomic E-state index is 12.2. The van der Waals surface area contributed by atoms with Gasteiger partial charge in [0.05, 0.1) is 0 Å². The van der Waals surface area contributed by atoms with Crippen LogP contribution in [0.3, 0.4) is 0 Å². The fourth-order valence-corrected chi connectivity index (χ4v) is 4.29. The van der Waals surface area contributed by atoms with Crippen molar-refractivity contribution in [2.45, 2.75) is 38.6 Å². The van der Waals surface area contributed by atoms with Gasteiger partial charge < -0.3 is 15.8 Å². The zero-order valence-electron chi connectivity index (χ0n) is 14.6. The van der Waals surface area contributed by atoms with Gasteiger partial charge in [-0.2, -0.15) is 0 Å². The van der Waals surface area contributed by atoms with Crippen LogP contribution in [0.1, 0.15) is 38.2 Å². The Morgan fingerprint density at radius 1 is 1.28 bits per heavy atom. The summed E-state index contributed by atoms with van der Waals surface area (Å²) in [6.45, 7) is 1.99. The molecular weight excluding hydrogens is 316 g/mol. The molecule has 2 saturated carbocycles. The fraction of sp³-hybridized carbons (Fsp3) is 0.500. The molecule has 3 N–H and O–H groups in total. The number of amides is 2. The summed E-state index contributed by atoms with van der Waals surface area (Å²) in [5.41, 5.74) is 5.93. The Bertz CT molecular complexity index is 653. The number of rotatable bonds is 7. The Kier molecular flexibility index (Phi) is 5.41. The van der Waals surface area contributed by atoms with Gasteiger partial charge in [-0.25, -0.2) is 0 Å². The molecule has 5 heteroatoms. The van der Waals surface area contributed by atoms with E-state index in [0.717, 1.165) is 17.4 Å². The van der Waals surface area contributed by atoms with E-state index >= 15 is 0 Å². The minimum absolute atomic E-state index is 0.0515. The fourth-order valence-electron chi connectivity index (χ4n) is 4.29. The molecule has 134 valence electrons. The molecule has 4 atom stereocenters. The highest BCUT2D eigenvalue weighted by Crippen LogP contribution is 2.49. The predicted molar refractivity (Wildman–Crippen MR) is 96.7 cm³/mol. The zero-order valence-corrected chi connectivity index (χ0v) is 14.6. The third-order valence-electron chi connectivity index (χ3n) is 5.49. The second kappa shape index (κ2) is 7.72. The molecule has 3 rings (SSSR count). The number of hydrogen-bond donors (Lipinski definition) is 2. The largest absolute Gasteiger partial charge is 0.484 e. The summed E-state index contributed by atoms with van der Waals surface area (Å²) < 4.78 is 5.20. The van der Waals surface area contributed by atoms with E-state index in [1.54, 1.807) is 24.3 Å². The number of hydrogen-bond acceptors (Lipinski definition) is 3. The topological polar surface area (TPSA) is 81.4 Å². The summed E-state index contributed by atoms with van der Waals surface area (Å²) in [5.74, 6) is 2.34. The molecule has 0 heterocycles. The van der Waals surface area contributed by atoms with E-state index < -0.39 is 5.91 Å². The molecule has 2 bridgehead atoms. The van der Waals surface area contributed by atoms with Crippen LogP contribution < -0.4 is 15.8 Å². The molecule has 2 aliphatic rings. The van der Waals surface area contributed by atoms with E-state index in [9.17, 15) is 9.59 Å². The molecule has 0 aliphatic heterocycles. The molecule has 0 radical (unpaired) electrons. The van der Waals surface area contributed by atoms with Gasteiger partial charge in [0.1, 0.15) is 5.75 Å². The van der Waals surface area contributed by atoms with Crippen molar-refractivity contribution in [3.05, 3.63) is 35.9 Å². The highest BCUT2D eigenvalue weighted by molar-refractivity contribution is 5.91. The van der Waals surface area contributed by atoms with E-state index in [4.69, 9.17) is 10.5 Å². The van der Waals surface area contributed by atoms with Crippen LogP contribution in [0.4, 0.5) is 0 Å². The molecule has 0 aromatic heterocycles. The maximum Gasteiger partial charge on any atom is 0.255 e. The average molecular weight is 342 g/mol. The lowest BCUT2D eigenvalue weighted by Crippen LogP contribution is -2.39. The third kappa shape index (κ3) is 4.62. The predicted octanol–water partition coefficient (Wildman–Crippen LogP) is 2.50. The molecule has 1 aromatic carbocycles. The van der Waals surface area contributed by atoms with Crippen molar-refractivity contribution in [3.63, 3.8) is 0 Å². The van der Waals surface area contributed by atoms with Crippen molar-refractivity contribution in [2.75, 3.05) is 6.61 Å². The van der Waals surface area contributed by atoms with Crippen LogP contribution in [0.25, 0.3) is 6.08 Å². The van der Waals surface area contributed by atoms with Crippen LogP contribution in [0, 0.1) is 17.8 Å². The van der Waals surface area contributed by atoms with Gasteiger partial charge in [0.15, 0.2) is 6.61 Å². The van der Waals surface area contributed by atoms with Gasteiger partial charge in [-0.3, -0.25) is 9.59 Å². The Hall–Kier alpha value is -2.30. The van der Waals surface area contributed by atoms with Crippen LogP contribution in [-0.2, 0) is 9.59 Å². The number of primary amides is 1. The molecule has 0 saturated heterocycles. The number of carbonyl (C=O) groups excluding carboxylic acids is 2. The van der Waals surface area contributed by atoms with Crippen molar-refractivity contribution in [2.24, 2.45) is 23.5 Å². The SMILES string of the molecule is CC(NC(=O)/C=C/c1ccc(OCC(N)=O)cc1)C1CC2CCC1C2. The quantitative estimate of drug-likeness (QED) is 0.747. The second-order valence-corrected chi connectivity index (χ2v) is 7.29. The van der Waals surface area contributed by atoms with Gasteiger partial charge >= 0.3 is 0 Å². The normalized spacial score (nSPS) is 25.9. The summed E-state index contributed by atoms with van der Waals surface area (Å²) in [4.78, 5) is 22.8. The summed E-state index contributed by atoms with van der Waals surface area (Å²) in [7, 11) is 0. The summed E-state index contributed by atoms with van der Waals surface area (Å²) in [5, 5.41) is 3.12. The van der Waals surface area contributed by atoms with E-state index in [-0.39, 0.29) is 18.6 Å². The lowest BCUT2D eigenvalue weighted by atomic mass is 9.84. The minimum Gasteiger partial charge on any atom is -0.484 e. The highest BCUT2D eigenvalue weighted by atomic mass is 16.5. The minimum atomic E-state index is -0.509. The summed E-state index contributed by atoms with van der Waals surface area (Å²) in [6, 6.07) is 7.40. The van der Waals surface area contributed by atoms with Gasteiger partial charge in [0.2, 0.25) is 5.91 Å². The molecule has 1 aromatic rings.